The molecular weight excluding hydrogens is 632 g/mol. The Morgan fingerprint density at radius 2 is 1.66 bits per heavy atom. The van der Waals surface area contributed by atoms with Gasteiger partial charge in [0.15, 0.2) is 0 Å². The van der Waals surface area contributed by atoms with Gasteiger partial charge in [-0.3, -0.25) is 9.59 Å². The van der Waals surface area contributed by atoms with Gasteiger partial charge in [-0.15, -0.1) is 13.2 Å². The van der Waals surface area contributed by atoms with Gasteiger partial charge in [0.2, 0.25) is 0 Å². The van der Waals surface area contributed by atoms with E-state index in [0.29, 0.717) is 31.2 Å². The molecule has 0 bridgehead atoms. The number of carbonyl (C=O) groups excluding carboxylic acids is 3. The Morgan fingerprint density at radius 3 is 2.40 bits per heavy atom. The molecule has 8 heteroatoms. The molecule has 50 heavy (non-hydrogen) atoms. The van der Waals surface area contributed by atoms with E-state index < -0.39 is 23.6 Å². The lowest BCUT2D eigenvalue weighted by molar-refractivity contribution is -0.173. The van der Waals surface area contributed by atoms with Crippen LogP contribution in [0.25, 0.3) is 0 Å². The highest BCUT2D eigenvalue weighted by molar-refractivity contribution is 5.94. The lowest BCUT2D eigenvalue weighted by atomic mass is 9.81. The number of aromatic hydroxyl groups is 1. The molecule has 0 amide bonds. The molecule has 2 saturated heterocycles. The van der Waals surface area contributed by atoms with Crippen molar-refractivity contribution in [3.8, 4) is 5.75 Å². The Bertz CT molecular complexity index is 1430. The number of benzene rings is 2. The Morgan fingerprint density at radius 1 is 0.940 bits per heavy atom. The van der Waals surface area contributed by atoms with Crippen LogP contribution in [-0.2, 0) is 41.6 Å². The molecule has 2 fully saturated rings. The number of hydrogen-bond acceptors (Lipinski definition) is 8. The lowest BCUT2D eigenvalue weighted by Crippen LogP contribution is -2.44. The molecule has 1 N–H and O–H groups in total. The van der Waals surface area contributed by atoms with Gasteiger partial charge in [-0.05, 0) is 101 Å². The summed E-state index contributed by atoms with van der Waals surface area (Å²) in [6, 6.07) is 14.5. The smallest absolute Gasteiger partial charge is 0.342 e. The highest BCUT2D eigenvalue weighted by atomic mass is 16.5. The van der Waals surface area contributed by atoms with Crippen molar-refractivity contribution in [2.24, 2.45) is 11.3 Å². The van der Waals surface area contributed by atoms with Gasteiger partial charge in [0, 0.05) is 12.8 Å². The third-order valence-corrected chi connectivity index (χ3v) is 10.2. The summed E-state index contributed by atoms with van der Waals surface area (Å²) < 4.78 is 24.5. The Labute approximate surface area is 298 Å². The second-order valence-corrected chi connectivity index (χ2v) is 14.5. The van der Waals surface area contributed by atoms with Crippen molar-refractivity contribution in [2.75, 3.05) is 0 Å². The van der Waals surface area contributed by atoms with Gasteiger partial charge in [0.05, 0.1) is 29.8 Å². The summed E-state index contributed by atoms with van der Waals surface area (Å²) in [4.78, 5) is 40.5. The van der Waals surface area contributed by atoms with E-state index in [4.69, 9.17) is 18.9 Å². The number of ketones is 1. The van der Waals surface area contributed by atoms with Gasteiger partial charge >= 0.3 is 11.9 Å². The van der Waals surface area contributed by atoms with Gasteiger partial charge < -0.3 is 24.1 Å². The topological polar surface area (TPSA) is 108 Å². The van der Waals surface area contributed by atoms with E-state index in [0.717, 1.165) is 44.1 Å². The van der Waals surface area contributed by atoms with Crippen LogP contribution in [0, 0.1) is 11.3 Å². The third-order valence-electron chi connectivity index (χ3n) is 10.2. The standard InChI is InChI=1S/C42H56O8/c1-6-14-31-18-11-22-36(44)39(31)40(45)50-37(29(3)24-25-34-20-12-19-33(48-34)15-7-2)27-32(43)26-35-21-13-23-38(49-35)42(4,5)41(46)47-28-30-16-9-8-10-17-30/h6-11,16-18,22,29,33-35,37-38,44H,1-2,12-15,19-21,23-28H2,3-5H3/t29-,33-,34-,35-,37+,38+/m0/s1. The molecule has 0 saturated carbocycles. The van der Waals surface area contributed by atoms with E-state index in [1.165, 1.54) is 6.07 Å². The van der Waals surface area contributed by atoms with E-state index in [2.05, 4.69) is 13.2 Å². The van der Waals surface area contributed by atoms with Crippen LogP contribution in [0.1, 0.15) is 113 Å². The first kappa shape index (κ1) is 39.0. The number of ether oxygens (including phenoxy) is 4. The zero-order chi connectivity index (χ0) is 36.1. The summed E-state index contributed by atoms with van der Waals surface area (Å²) in [7, 11) is 0. The number of carbonyl (C=O) groups is 3. The molecule has 2 aromatic carbocycles. The maximum Gasteiger partial charge on any atom is 0.342 e. The molecule has 272 valence electrons. The molecule has 2 aliphatic rings. The molecule has 4 rings (SSSR count). The molecule has 8 nitrogen and oxygen atoms in total. The van der Waals surface area contributed by atoms with E-state index in [-0.39, 0.29) is 66.7 Å². The van der Waals surface area contributed by atoms with Crippen LogP contribution in [0.4, 0.5) is 0 Å². The summed E-state index contributed by atoms with van der Waals surface area (Å²) in [6.07, 6.45) is 10.6. The maximum absolute atomic E-state index is 13.7. The zero-order valence-electron chi connectivity index (χ0n) is 30.1. The van der Waals surface area contributed by atoms with Crippen molar-refractivity contribution in [1.82, 2.24) is 0 Å². The average Bonchev–Trinajstić information content (AvgIpc) is 3.10. The molecule has 0 spiro atoms. The van der Waals surface area contributed by atoms with Crippen molar-refractivity contribution in [1.29, 1.82) is 0 Å². The van der Waals surface area contributed by atoms with E-state index in [1.54, 1.807) is 18.2 Å². The fourth-order valence-electron chi connectivity index (χ4n) is 7.07. The molecule has 0 radical (unpaired) electrons. The number of rotatable bonds is 18. The second kappa shape index (κ2) is 19.0. The van der Waals surface area contributed by atoms with Crippen molar-refractivity contribution >= 4 is 17.7 Å². The summed E-state index contributed by atoms with van der Waals surface area (Å²) in [5, 5.41) is 10.6. The summed E-state index contributed by atoms with van der Waals surface area (Å²) >= 11 is 0. The van der Waals surface area contributed by atoms with Crippen molar-refractivity contribution in [3.63, 3.8) is 0 Å². The maximum atomic E-state index is 13.7. The van der Waals surface area contributed by atoms with Gasteiger partial charge in [0.1, 0.15) is 29.8 Å². The van der Waals surface area contributed by atoms with Gasteiger partial charge in [-0.2, -0.15) is 0 Å². The molecule has 0 unspecified atom stereocenters. The molecule has 2 aromatic rings. The Kier molecular flexibility index (Phi) is 14.9. The first-order valence-electron chi connectivity index (χ1n) is 18.3. The minimum atomic E-state index is -0.893. The molecule has 2 aliphatic heterocycles. The zero-order valence-corrected chi connectivity index (χ0v) is 30.1. The van der Waals surface area contributed by atoms with Crippen LogP contribution in [0.3, 0.4) is 0 Å². The van der Waals surface area contributed by atoms with E-state index in [1.807, 2.05) is 57.2 Å². The first-order valence-corrected chi connectivity index (χ1v) is 18.3. The first-order chi connectivity index (χ1) is 24.0. The molecule has 6 atom stereocenters. The van der Waals surface area contributed by atoms with Crippen LogP contribution in [0.2, 0.25) is 0 Å². The number of phenolic OH excluding ortho intramolecular Hbond substituents is 1. The predicted molar refractivity (Wildman–Crippen MR) is 194 cm³/mol. The summed E-state index contributed by atoms with van der Waals surface area (Å²) in [5.74, 6) is -1.37. The van der Waals surface area contributed by atoms with E-state index >= 15 is 0 Å². The van der Waals surface area contributed by atoms with Gasteiger partial charge in [-0.1, -0.05) is 61.5 Å². The molecular formula is C42H56O8. The normalized spacial score (nSPS) is 22.1. The number of allylic oxidation sites excluding steroid dienone is 1. The van der Waals surface area contributed by atoms with Crippen molar-refractivity contribution < 1.29 is 38.4 Å². The van der Waals surface area contributed by atoms with Gasteiger partial charge in [-0.25, -0.2) is 4.79 Å². The monoisotopic (exact) mass is 688 g/mol. The van der Waals surface area contributed by atoms with Crippen LogP contribution in [-0.4, -0.2) is 53.3 Å². The highest BCUT2D eigenvalue weighted by Crippen LogP contribution is 2.36. The highest BCUT2D eigenvalue weighted by Gasteiger charge is 2.42. The van der Waals surface area contributed by atoms with Crippen molar-refractivity contribution in [3.05, 3.63) is 90.5 Å². The Balaban J connectivity index is 1.41. The quantitative estimate of drug-likeness (QED) is 0.123. The number of Topliss-reactive ketones (excluding diaryl/α,β-unsaturated/α-hetero) is 1. The number of esters is 2. The van der Waals surface area contributed by atoms with Crippen LogP contribution < -0.4 is 0 Å². The van der Waals surface area contributed by atoms with Crippen LogP contribution in [0.5, 0.6) is 5.75 Å². The number of hydrogen-bond donors (Lipinski definition) is 1. The largest absolute Gasteiger partial charge is 0.507 e. The van der Waals surface area contributed by atoms with Crippen LogP contribution >= 0.6 is 0 Å². The minimum absolute atomic E-state index is 0.0228. The SMILES string of the molecule is C=CCc1cccc(O)c1C(=O)O[C@H](CC(=O)C[C@@H]1CCC[C@H](C(C)(C)C(=O)OCc2ccccc2)O1)[C@@H](C)CC[C@@H]1CCC[C@H](CC=C)O1. The third kappa shape index (κ3) is 11.1. The molecule has 2 heterocycles. The fourth-order valence-corrected chi connectivity index (χ4v) is 7.07. The van der Waals surface area contributed by atoms with E-state index in [9.17, 15) is 19.5 Å². The van der Waals surface area contributed by atoms with Gasteiger partial charge in [0.25, 0.3) is 0 Å². The second-order valence-electron chi connectivity index (χ2n) is 14.5. The Hall–Kier alpha value is -3.75. The molecule has 0 aromatic heterocycles. The average molecular weight is 689 g/mol. The van der Waals surface area contributed by atoms with Crippen molar-refractivity contribution in [2.45, 2.75) is 135 Å². The predicted octanol–water partition coefficient (Wildman–Crippen LogP) is 8.63. The lowest BCUT2D eigenvalue weighted by Gasteiger charge is -2.38. The summed E-state index contributed by atoms with van der Waals surface area (Å²) in [6.45, 7) is 13.5. The molecule has 0 aliphatic carbocycles. The fraction of sp³-hybridized carbons (Fsp3) is 0.548. The van der Waals surface area contributed by atoms with Crippen LogP contribution in [0.15, 0.2) is 73.8 Å². The summed E-state index contributed by atoms with van der Waals surface area (Å²) in [5.41, 5.74) is 0.727. The minimum Gasteiger partial charge on any atom is -0.507 e. The number of phenols is 1.